The van der Waals surface area contributed by atoms with Crippen LogP contribution in [0.25, 0.3) is 0 Å². The summed E-state index contributed by atoms with van der Waals surface area (Å²) >= 11 is 11.1. The Balaban J connectivity index is 1.75. The number of pyridine rings is 1. The van der Waals surface area contributed by atoms with Gasteiger partial charge in [0.25, 0.3) is 0 Å². The van der Waals surface area contributed by atoms with Crippen LogP contribution in [0, 0.1) is 0 Å². The van der Waals surface area contributed by atoms with Crippen LogP contribution in [-0.4, -0.2) is 16.6 Å². The first kappa shape index (κ1) is 15.9. The molecule has 0 bridgehead atoms. The average molecular weight is 321 g/mol. The monoisotopic (exact) mass is 320 g/mol. The standard InChI is InChI=1S/C16H17ClN2OS/c17-15-10-13(16(18)21)3-4-14(15)11-20-9-1-2-12-5-7-19-8-6-12/h3-8,10H,1-2,9,11H2,(H2,18,21). The zero-order valence-corrected chi connectivity index (χ0v) is 13.2. The number of aromatic nitrogens is 1. The van der Waals surface area contributed by atoms with E-state index in [1.54, 1.807) is 18.5 Å². The number of nitrogens with zero attached hydrogens (tertiary/aromatic N) is 1. The molecule has 110 valence electrons. The summed E-state index contributed by atoms with van der Waals surface area (Å²) in [6, 6.07) is 9.58. The smallest absolute Gasteiger partial charge is 0.104 e. The first-order valence-corrected chi connectivity index (χ1v) is 7.50. The molecule has 1 aromatic carbocycles. The minimum absolute atomic E-state index is 0.349. The van der Waals surface area contributed by atoms with E-state index in [-0.39, 0.29) is 0 Å². The molecule has 0 aliphatic heterocycles. The van der Waals surface area contributed by atoms with Gasteiger partial charge >= 0.3 is 0 Å². The Morgan fingerprint density at radius 1 is 1.24 bits per heavy atom. The van der Waals surface area contributed by atoms with Crippen molar-refractivity contribution < 1.29 is 4.74 Å². The summed E-state index contributed by atoms with van der Waals surface area (Å²) in [6.07, 6.45) is 5.56. The first-order valence-electron chi connectivity index (χ1n) is 6.71. The molecule has 0 amide bonds. The Morgan fingerprint density at radius 3 is 2.67 bits per heavy atom. The van der Waals surface area contributed by atoms with Crippen LogP contribution < -0.4 is 5.73 Å². The van der Waals surface area contributed by atoms with E-state index in [4.69, 9.17) is 34.3 Å². The molecule has 2 aromatic rings. The largest absolute Gasteiger partial charge is 0.389 e. The number of hydrogen-bond donors (Lipinski definition) is 1. The molecule has 3 nitrogen and oxygen atoms in total. The third-order valence-electron chi connectivity index (χ3n) is 3.10. The highest BCUT2D eigenvalue weighted by Crippen LogP contribution is 2.19. The Morgan fingerprint density at radius 2 is 2.00 bits per heavy atom. The fourth-order valence-corrected chi connectivity index (χ4v) is 2.29. The number of rotatable bonds is 7. The lowest BCUT2D eigenvalue weighted by atomic mass is 10.1. The number of aryl methyl sites for hydroxylation is 1. The van der Waals surface area contributed by atoms with Crippen molar-refractivity contribution in [3.05, 3.63) is 64.4 Å². The van der Waals surface area contributed by atoms with Gasteiger partial charge in [0.15, 0.2) is 0 Å². The van der Waals surface area contributed by atoms with Gasteiger partial charge in [0.05, 0.1) is 6.61 Å². The van der Waals surface area contributed by atoms with Gasteiger partial charge in [-0.3, -0.25) is 4.98 Å². The summed E-state index contributed by atoms with van der Waals surface area (Å²) < 4.78 is 5.66. The highest BCUT2D eigenvalue weighted by atomic mass is 35.5. The first-order chi connectivity index (χ1) is 10.2. The molecule has 0 radical (unpaired) electrons. The number of hydrogen-bond acceptors (Lipinski definition) is 3. The highest BCUT2D eigenvalue weighted by Gasteiger charge is 2.04. The van der Waals surface area contributed by atoms with Crippen LogP contribution in [-0.2, 0) is 17.8 Å². The van der Waals surface area contributed by atoms with Crippen molar-refractivity contribution in [2.24, 2.45) is 5.73 Å². The van der Waals surface area contributed by atoms with E-state index in [0.29, 0.717) is 23.2 Å². The number of ether oxygens (including phenoxy) is 1. The van der Waals surface area contributed by atoms with E-state index >= 15 is 0 Å². The van der Waals surface area contributed by atoms with E-state index in [1.807, 2.05) is 24.3 Å². The van der Waals surface area contributed by atoms with Gasteiger partial charge in [0.1, 0.15) is 4.99 Å². The third kappa shape index (κ3) is 5.08. The molecule has 21 heavy (non-hydrogen) atoms. The van der Waals surface area contributed by atoms with Crippen molar-refractivity contribution in [3.8, 4) is 0 Å². The van der Waals surface area contributed by atoms with Gasteiger partial charge in [-0.15, -0.1) is 0 Å². The van der Waals surface area contributed by atoms with Gasteiger partial charge in [0.2, 0.25) is 0 Å². The van der Waals surface area contributed by atoms with Crippen LogP contribution in [0.4, 0.5) is 0 Å². The van der Waals surface area contributed by atoms with Crippen molar-refractivity contribution in [3.63, 3.8) is 0 Å². The van der Waals surface area contributed by atoms with E-state index in [2.05, 4.69) is 4.98 Å². The van der Waals surface area contributed by atoms with Crippen molar-refractivity contribution in [2.75, 3.05) is 6.61 Å². The highest BCUT2D eigenvalue weighted by molar-refractivity contribution is 7.80. The Hall–Kier alpha value is -1.49. The second kappa shape index (κ2) is 8.08. The van der Waals surface area contributed by atoms with Crippen LogP contribution in [0.5, 0.6) is 0 Å². The number of thiocarbonyl (C=S) groups is 1. The molecule has 1 heterocycles. The summed E-state index contributed by atoms with van der Waals surface area (Å²) in [5, 5.41) is 0.634. The molecule has 2 rings (SSSR count). The van der Waals surface area contributed by atoms with Crippen molar-refractivity contribution in [1.29, 1.82) is 0 Å². The molecule has 2 N–H and O–H groups in total. The summed E-state index contributed by atoms with van der Waals surface area (Å²) in [4.78, 5) is 4.34. The maximum absolute atomic E-state index is 6.18. The number of benzene rings is 1. The third-order valence-corrected chi connectivity index (χ3v) is 3.69. The van der Waals surface area contributed by atoms with E-state index in [9.17, 15) is 0 Å². The van der Waals surface area contributed by atoms with Crippen LogP contribution in [0.15, 0.2) is 42.7 Å². The van der Waals surface area contributed by atoms with Gasteiger partial charge < -0.3 is 10.5 Å². The molecule has 0 aliphatic carbocycles. The molecule has 0 atom stereocenters. The minimum atomic E-state index is 0.349. The van der Waals surface area contributed by atoms with E-state index in [0.717, 1.165) is 24.0 Å². The maximum atomic E-state index is 6.18. The Bertz CT molecular complexity index is 604. The minimum Gasteiger partial charge on any atom is -0.389 e. The zero-order chi connectivity index (χ0) is 15.1. The maximum Gasteiger partial charge on any atom is 0.104 e. The van der Waals surface area contributed by atoms with Gasteiger partial charge in [-0.2, -0.15) is 0 Å². The summed E-state index contributed by atoms with van der Waals surface area (Å²) in [5.41, 5.74) is 8.56. The van der Waals surface area contributed by atoms with Crippen LogP contribution in [0.1, 0.15) is 23.1 Å². The van der Waals surface area contributed by atoms with Gasteiger partial charge in [-0.1, -0.05) is 36.0 Å². The van der Waals surface area contributed by atoms with Gasteiger partial charge in [0, 0.05) is 29.6 Å². The second-order valence-electron chi connectivity index (χ2n) is 4.68. The molecule has 0 aliphatic rings. The molecular weight excluding hydrogens is 304 g/mol. The fraction of sp³-hybridized carbons (Fsp3) is 0.250. The van der Waals surface area contributed by atoms with Crippen molar-refractivity contribution in [2.45, 2.75) is 19.4 Å². The summed E-state index contributed by atoms with van der Waals surface area (Å²) in [6.45, 7) is 1.18. The summed E-state index contributed by atoms with van der Waals surface area (Å²) in [5.74, 6) is 0. The van der Waals surface area contributed by atoms with Crippen LogP contribution in [0.3, 0.4) is 0 Å². The molecule has 0 saturated carbocycles. The van der Waals surface area contributed by atoms with Crippen molar-refractivity contribution in [1.82, 2.24) is 4.98 Å². The SMILES string of the molecule is NC(=S)c1ccc(COCCCc2ccncc2)c(Cl)c1. The predicted molar refractivity (Wildman–Crippen MR) is 89.6 cm³/mol. The lowest BCUT2D eigenvalue weighted by molar-refractivity contribution is 0.119. The number of halogens is 1. The predicted octanol–water partition coefficient (Wildman–Crippen LogP) is 3.52. The normalized spacial score (nSPS) is 10.5. The average Bonchev–Trinajstić information content (AvgIpc) is 2.49. The van der Waals surface area contributed by atoms with E-state index < -0.39 is 0 Å². The fourth-order valence-electron chi connectivity index (χ4n) is 1.93. The molecule has 0 spiro atoms. The molecular formula is C16H17ClN2OS. The van der Waals surface area contributed by atoms with Gasteiger partial charge in [-0.25, -0.2) is 0 Å². The second-order valence-corrected chi connectivity index (χ2v) is 5.53. The molecule has 5 heteroatoms. The Kier molecular flexibility index (Phi) is 6.11. The topological polar surface area (TPSA) is 48.1 Å². The summed E-state index contributed by atoms with van der Waals surface area (Å²) in [7, 11) is 0. The molecule has 0 saturated heterocycles. The lowest BCUT2D eigenvalue weighted by Crippen LogP contribution is -2.09. The van der Waals surface area contributed by atoms with Crippen molar-refractivity contribution >= 4 is 28.8 Å². The zero-order valence-electron chi connectivity index (χ0n) is 11.6. The molecule has 1 aromatic heterocycles. The quantitative estimate of drug-likeness (QED) is 0.626. The van der Waals surface area contributed by atoms with E-state index in [1.165, 1.54) is 5.56 Å². The van der Waals surface area contributed by atoms with Crippen LogP contribution >= 0.6 is 23.8 Å². The molecule has 0 fully saturated rings. The number of nitrogens with two attached hydrogens (primary N) is 1. The van der Waals surface area contributed by atoms with Gasteiger partial charge in [-0.05, 0) is 42.2 Å². The molecule has 0 unspecified atom stereocenters. The van der Waals surface area contributed by atoms with Crippen LogP contribution in [0.2, 0.25) is 5.02 Å². The Labute approximate surface area is 135 Å². The lowest BCUT2D eigenvalue weighted by Gasteiger charge is -2.08.